The summed E-state index contributed by atoms with van der Waals surface area (Å²) in [5, 5.41) is 0. The monoisotopic (exact) mass is 266 g/mol. The molecule has 0 amide bonds. The molecular formula is C15H26N2O2. The van der Waals surface area contributed by atoms with Gasteiger partial charge in [-0.05, 0) is 18.8 Å². The molecule has 0 radical (unpaired) electrons. The van der Waals surface area contributed by atoms with E-state index in [1.807, 2.05) is 13.0 Å². The van der Waals surface area contributed by atoms with E-state index < -0.39 is 0 Å². The van der Waals surface area contributed by atoms with Gasteiger partial charge in [-0.1, -0.05) is 34.1 Å². The predicted molar refractivity (Wildman–Crippen MR) is 76.2 cm³/mol. The minimum atomic E-state index is 0.444. The summed E-state index contributed by atoms with van der Waals surface area (Å²) >= 11 is 0. The first-order valence-electron chi connectivity index (χ1n) is 7.06. The fourth-order valence-corrected chi connectivity index (χ4v) is 1.47. The second kappa shape index (κ2) is 8.10. The molecule has 1 atom stereocenters. The topological polar surface area (TPSA) is 44.2 Å². The summed E-state index contributed by atoms with van der Waals surface area (Å²) in [6, 6.07) is 1.87. The highest BCUT2D eigenvalue weighted by atomic mass is 16.5. The van der Waals surface area contributed by atoms with E-state index in [0.29, 0.717) is 36.8 Å². The molecule has 4 heteroatoms. The molecule has 0 spiro atoms. The van der Waals surface area contributed by atoms with Crippen molar-refractivity contribution in [2.24, 2.45) is 11.8 Å². The van der Waals surface area contributed by atoms with E-state index in [0.717, 1.165) is 18.7 Å². The third kappa shape index (κ3) is 6.53. The number of aryl methyl sites for hydroxylation is 1. The Morgan fingerprint density at radius 3 is 2.53 bits per heavy atom. The number of hydrogen-bond donors (Lipinski definition) is 0. The van der Waals surface area contributed by atoms with E-state index in [4.69, 9.17) is 9.47 Å². The van der Waals surface area contributed by atoms with Gasteiger partial charge in [0, 0.05) is 18.4 Å². The molecule has 0 N–H and O–H groups in total. The maximum atomic E-state index is 5.70. The summed E-state index contributed by atoms with van der Waals surface area (Å²) in [4.78, 5) is 8.74. The van der Waals surface area contributed by atoms with Crippen LogP contribution in [0.1, 0.15) is 45.6 Å². The van der Waals surface area contributed by atoms with Crippen LogP contribution in [0.4, 0.5) is 0 Å². The first-order valence-corrected chi connectivity index (χ1v) is 7.06. The zero-order valence-electron chi connectivity index (χ0n) is 12.8. The maximum absolute atomic E-state index is 5.70. The second-order valence-electron chi connectivity index (χ2n) is 5.50. The Morgan fingerprint density at radius 1 is 1.16 bits per heavy atom. The van der Waals surface area contributed by atoms with Gasteiger partial charge in [-0.2, -0.15) is 4.98 Å². The van der Waals surface area contributed by atoms with Crippen LogP contribution in [0.15, 0.2) is 6.07 Å². The Morgan fingerprint density at radius 2 is 1.89 bits per heavy atom. The van der Waals surface area contributed by atoms with Crippen LogP contribution in [0, 0.1) is 18.8 Å². The Hall–Kier alpha value is -1.16. The Bertz CT molecular complexity index is 380. The molecule has 1 unspecified atom stereocenters. The van der Waals surface area contributed by atoms with Crippen LogP contribution in [0.2, 0.25) is 0 Å². The molecule has 1 heterocycles. The van der Waals surface area contributed by atoms with Crippen LogP contribution < -0.4 is 4.74 Å². The van der Waals surface area contributed by atoms with E-state index in [1.165, 1.54) is 0 Å². The lowest BCUT2D eigenvalue weighted by Crippen LogP contribution is -2.10. The van der Waals surface area contributed by atoms with Crippen LogP contribution >= 0.6 is 0 Å². The van der Waals surface area contributed by atoms with Crippen molar-refractivity contribution in [3.63, 3.8) is 0 Å². The van der Waals surface area contributed by atoms with Crippen LogP contribution in [-0.4, -0.2) is 23.2 Å². The van der Waals surface area contributed by atoms with Gasteiger partial charge in [0.1, 0.15) is 6.61 Å². The Balaban J connectivity index is 2.55. The van der Waals surface area contributed by atoms with Crippen LogP contribution in [-0.2, 0) is 11.3 Å². The van der Waals surface area contributed by atoms with E-state index in [-0.39, 0.29) is 0 Å². The molecule has 0 aromatic carbocycles. The summed E-state index contributed by atoms with van der Waals surface area (Å²) < 4.78 is 11.3. The molecule has 0 saturated carbocycles. The first kappa shape index (κ1) is 15.9. The Labute approximate surface area is 116 Å². The lowest BCUT2D eigenvalue weighted by Gasteiger charge is -2.12. The molecule has 1 rings (SSSR count). The first-order chi connectivity index (χ1) is 9.01. The highest BCUT2D eigenvalue weighted by Gasteiger charge is 2.06. The van der Waals surface area contributed by atoms with E-state index >= 15 is 0 Å². The van der Waals surface area contributed by atoms with Crippen LogP contribution in [0.5, 0.6) is 5.88 Å². The molecule has 0 aliphatic heterocycles. The number of nitrogens with zero attached hydrogens (tertiary/aromatic N) is 2. The standard InChI is InChI=1S/C15H26N2O2/c1-6-12(4)9-19-15-7-13(5)16-14(17-15)10-18-8-11(2)3/h7,11-12H,6,8-10H2,1-5H3. The number of aromatic nitrogens is 2. The minimum Gasteiger partial charge on any atom is -0.477 e. The fraction of sp³-hybridized carbons (Fsp3) is 0.733. The zero-order valence-corrected chi connectivity index (χ0v) is 12.8. The van der Waals surface area contributed by atoms with Crippen molar-refractivity contribution in [1.82, 2.24) is 9.97 Å². The van der Waals surface area contributed by atoms with Gasteiger partial charge < -0.3 is 9.47 Å². The highest BCUT2D eigenvalue weighted by Crippen LogP contribution is 2.12. The molecule has 1 aromatic heterocycles. The van der Waals surface area contributed by atoms with Crippen molar-refractivity contribution in [2.45, 2.75) is 47.6 Å². The van der Waals surface area contributed by atoms with Crippen molar-refractivity contribution in [3.8, 4) is 5.88 Å². The largest absolute Gasteiger partial charge is 0.477 e. The van der Waals surface area contributed by atoms with Crippen LogP contribution in [0.25, 0.3) is 0 Å². The van der Waals surface area contributed by atoms with Crippen LogP contribution in [0.3, 0.4) is 0 Å². The molecule has 4 nitrogen and oxygen atoms in total. The third-order valence-electron chi connectivity index (χ3n) is 2.77. The molecular weight excluding hydrogens is 240 g/mol. The highest BCUT2D eigenvalue weighted by molar-refractivity contribution is 5.15. The number of hydrogen-bond acceptors (Lipinski definition) is 4. The second-order valence-corrected chi connectivity index (χ2v) is 5.50. The van der Waals surface area contributed by atoms with Crippen molar-refractivity contribution in [1.29, 1.82) is 0 Å². The van der Waals surface area contributed by atoms with Crippen molar-refractivity contribution >= 4 is 0 Å². The normalized spacial score (nSPS) is 12.7. The van der Waals surface area contributed by atoms with Crippen molar-refractivity contribution in [3.05, 3.63) is 17.6 Å². The Kier molecular flexibility index (Phi) is 6.78. The summed E-state index contributed by atoms with van der Waals surface area (Å²) in [5.41, 5.74) is 0.914. The lowest BCUT2D eigenvalue weighted by molar-refractivity contribution is 0.0915. The average molecular weight is 266 g/mol. The quantitative estimate of drug-likeness (QED) is 0.723. The fourth-order valence-electron chi connectivity index (χ4n) is 1.47. The van der Waals surface area contributed by atoms with E-state index in [2.05, 4.69) is 37.7 Å². The molecule has 19 heavy (non-hydrogen) atoms. The van der Waals surface area contributed by atoms with Gasteiger partial charge in [-0.25, -0.2) is 4.98 Å². The van der Waals surface area contributed by atoms with E-state index in [9.17, 15) is 0 Å². The summed E-state index contributed by atoms with van der Waals surface area (Å²) in [6.07, 6.45) is 1.11. The van der Waals surface area contributed by atoms with Gasteiger partial charge in [-0.15, -0.1) is 0 Å². The number of ether oxygens (including phenoxy) is 2. The number of rotatable bonds is 8. The molecule has 1 aromatic rings. The summed E-state index contributed by atoms with van der Waals surface area (Å²) in [5.74, 6) is 2.40. The lowest BCUT2D eigenvalue weighted by atomic mass is 10.1. The zero-order chi connectivity index (χ0) is 14.3. The molecule has 0 bridgehead atoms. The summed E-state index contributed by atoms with van der Waals surface area (Å²) in [7, 11) is 0. The van der Waals surface area contributed by atoms with Gasteiger partial charge in [0.25, 0.3) is 0 Å². The van der Waals surface area contributed by atoms with Gasteiger partial charge in [0.2, 0.25) is 5.88 Å². The minimum absolute atomic E-state index is 0.444. The summed E-state index contributed by atoms with van der Waals surface area (Å²) in [6.45, 7) is 12.4. The molecule has 0 fully saturated rings. The van der Waals surface area contributed by atoms with Crippen molar-refractivity contribution < 1.29 is 9.47 Å². The molecule has 0 saturated heterocycles. The van der Waals surface area contributed by atoms with Crippen molar-refractivity contribution in [2.75, 3.05) is 13.2 Å². The smallest absolute Gasteiger partial charge is 0.216 e. The average Bonchev–Trinajstić information content (AvgIpc) is 2.35. The van der Waals surface area contributed by atoms with Gasteiger partial charge in [-0.3, -0.25) is 0 Å². The van der Waals surface area contributed by atoms with E-state index in [1.54, 1.807) is 0 Å². The van der Waals surface area contributed by atoms with Gasteiger partial charge >= 0.3 is 0 Å². The molecule has 0 aliphatic carbocycles. The predicted octanol–water partition coefficient (Wildman–Crippen LogP) is 3.38. The SMILES string of the molecule is CCC(C)COc1cc(C)nc(COCC(C)C)n1. The van der Waals surface area contributed by atoms with Gasteiger partial charge in [0.15, 0.2) is 5.82 Å². The molecule has 108 valence electrons. The maximum Gasteiger partial charge on any atom is 0.216 e. The third-order valence-corrected chi connectivity index (χ3v) is 2.77. The van der Waals surface area contributed by atoms with Gasteiger partial charge in [0.05, 0.1) is 6.61 Å². The molecule has 0 aliphatic rings.